The molecule has 6 nitrogen and oxygen atoms in total. The quantitative estimate of drug-likeness (QED) is 0.333. The van der Waals surface area contributed by atoms with Gasteiger partial charge in [0.15, 0.2) is 0 Å². The van der Waals surface area contributed by atoms with Gasteiger partial charge >= 0.3 is 11.9 Å². The first-order chi connectivity index (χ1) is 13.5. The van der Waals surface area contributed by atoms with Gasteiger partial charge in [0.1, 0.15) is 9.81 Å². The summed E-state index contributed by atoms with van der Waals surface area (Å²) in [5.41, 5.74) is 0. The van der Waals surface area contributed by atoms with Crippen LogP contribution >= 0.6 is 70.6 Å². The molecule has 0 saturated carbocycles. The summed E-state index contributed by atoms with van der Waals surface area (Å²) in [6.07, 6.45) is 0.932. The van der Waals surface area contributed by atoms with Crippen LogP contribution in [-0.2, 0) is 19.1 Å². The molecule has 0 radical (unpaired) electrons. The molecule has 0 N–H and O–H groups in total. The lowest BCUT2D eigenvalue weighted by atomic mass is 10.5. The van der Waals surface area contributed by atoms with Crippen LogP contribution in [0.2, 0.25) is 0 Å². The monoisotopic (exact) mass is 492 g/mol. The Hall–Kier alpha value is -0.500. The molecule has 12 heteroatoms. The fraction of sp³-hybridized carbons (Fsp3) is 0.500. The second-order valence-electron chi connectivity index (χ2n) is 4.94. The number of methoxy groups -OCH3 is 2. The normalized spacial score (nSPS) is 17.6. The topological polar surface area (TPSA) is 100 Å². The van der Waals surface area contributed by atoms with E-state index in [1.54, 1.807) is 47.0 Å². The molecule has 28 heavy (non-hydrogen) atoms. The molecule has 2 rings (SSSR count). The second kappa shape index (κ2) is 12.3. The lowest BCUT2D eigenvalue weighted by molar-refractivity contribution is -0.138. The summed E-state index contributed by atoms with van der Waals surface area (Å²) >= 11 is 9.31. The van der Waals surface area contributed by atoms with Crippen molar-refractivity contribution >= 4 is 82.5 Å². The number of hydrogen-bond acceptors (Lipinski definition) is 12. The predicted octanol–water partition coefficient (Wildman–Crippen LogP) is 4.58. The first kappa shape index (κ1) is 23.8. The van der Waals surface area contributed by atoms with Gasteiger partial charge in [0.05, 0.1) is 44.0 Å². The fourth-order valence-electron chi connectivity index (χ4n) is 1.95. The van der Waals surface area contributed by atoms with Gasteiger partial charge in [-0.05, 0) is 0 Å². The van der Waals surface area contributed by atoms with Crippen molar-refractivity contribution in [3.05, 3.63) is 18.3 Å². The third-order valence-corrected chi connectivity index (χ3v) is 12.7. The van der Waals surface area contributed by atoms with Gasteiger partial charge in [-0.1, -0.05) is 0 Å². The highest BCUT2D eigenvalue weighted by atomic mass is 32.3. The zero-order chi connectivity index (χ0) is 20.5. The van der Waals surface area contributed by atoms with Crippen LogP contribution in [0.4, 0.5) is 0 Å². The lowest BCUT2D eigenvalue weighted by Gasteiger charge is -2.16. The third-order valence-electron chi connectivity index (χ3n) is 3.15. The van der Waals surface area contributed by atoms with E-state index in [2.05, 4.69) is 12.1 Å². The van der Waals surface area contributed by atoms with Crippen LogP contribution in [-0.4, -0.2) is 46.8 Å². The van der Waals surface area contributed by atoms with Gasteiger partial charge in [0.2, 0.25) is 0 Å². The van der Waals surface area contributed by atoms with E-state index in [9.17, 15) is 9.59 Å². The first-order valence-electron chi connectivity index (χ1n) is 7.87. The molecule has 150 valence electrons. The van der Waals surface area contributed by atoms with Crippen molar-refractivity contribution in [3.8, 4) is 12.1 Å². The van der Waals surface area contributed by atoms with E-state index in [4.69, 9.17) is 20.0 Å². The first-order valence-corrected chi connectivity index (χ1v) is 13.4. The molecule has 2 aliphatic rings. The Morgan fingerprint density at radius 3 is 1.61 bits per heavy atom. The van der Waals surface area contributed by atoms with Gasteiger partial charge in [-0.2, -0.15) is 10.5 Å². The number of ether oxygens (including phenoxy) is 2. The molecule has 0 aliphatic carbocycles. The van der Waals surface area contributed by atoms with Gasteiger partial charge in [-0.15, -0.1) is 70.6 Å². The standard InChI is InChI=1S/C16H16N2O4S6/c1-21-11(19)9-10(12(20)22-2)26-15(25-9)16-27-13(23-7-3-5-17)14(28-16)24-8-4-6-18/h15-16H,3-4,7-8H2,1-2H3. The highest BCUT2D eigenvalue weighted by Crippen LogP contribution is 2.62. The van der Waals surface area contributed by atoms with Crippen LogP contribution in [0.25, 0.3) is 0 Å². The van der Waals surface area contributed by atoms with E-state index >= 15 is 0 Å². The van der Waals surface area contributed by atoms with Crippen molar-refractivity contribution in [2.45, 2.75) is 22.0 Å². The molecular formula is C16H16N2O4S6. The number of nitrogens with zero attached hydrogens (tertiary/aromatic N) is 2. The minimum absolute atomic E-state index is 0.0566. The zero-order valence-corrected chi connectivity index (χ0v) is 19.9. The molecule has 0 amide bonds. The van der Waals surface area contributed by atoms with E-state index in [-0.39, 0.29) is 19.0 Å². The summed E-state index contributed by atoms with van der Waals surface area (Å²) in [5.74, 6) is 0.346. The average molecular weight is 493 g/mol. The summed E-state index contributed by atoms with van der Waals surface area (Å²) in [6, 6.07) is 4.30. The van der Waals surface area contributed by atoms with Crippen molar-refractivity contribution in [3.63, 3.8) is 0 Å². The number of hydrogen-bond donors (Lipinski definition) is 0. The molecule has 0 aromatic rings. The van der Waals surface area contributed by atoms with Crippen LogP contribution in [0.5, 0.6) is 0 Å². The van der Waals surface area contributed by atoms with Crippen molar-refractivity contribution < 1.29 is 19.1 Å². The van der Waals surface area contributed by atoms with Crippen molar-refractivity contribution in [2.75, 3.05) is 25.7 Å². The molecule has 0 unspecified atom stereocenters. The van der Waals surface area contributed by atoms with Crippen molar-refractivity contribution in [2.24, 2.45) is 0 Å². The van der Waals surface area contributed by atoms with Crippen LogP contribution in [0.3, 0.4) is 0 Å². The number of carbonyl (C=O) groups excluding carboxylic acids is 2. The Balaban J connectivity index is 2.08. The molecular weight excluding hydrogens is 477 g/mol. The minimum Gasteiger partial charge on any atom is -0.465 e. The van der Waals surface area contributed by atoms with Crippen molar-refractivity contribution in [1.29, 1.82) is 10.5 Å². The summed E-state index contributed by atoms with van der Waals surface area (Å²) in [4.78, 5) is 24.7. The molecule has 0 aromatic heterocycles. The zero-order valence-electron chi connectivity index (χ0n) is 15.0. The Labute approximate surface area is 189 Å². The maximum atomic E-state index is 12.1. The number of thioether (sulfide) groups is 6. The summed E-state index contributed by atoms with van der Waals surface area (Å²) < 4.78 is 11.9. The smallest absolute Gasteiger partial charge is 0.345 e. The van der Waals surface area contributed by atoms with Gasteiger partial charge in [0, 0.05) is 24.3 Å². The highest BCUT2D eigenvalue weighted by molar-refractivity contribution is 8.39. The maximum Gasteiger partial charge on any atom is 0.345 e. The molecule has 2 aliphatic heterocycles. The third kappa shape index (κ3) is 6.25. The number of carbonyl (C=O) groups is 2. The molecule has 0 aromatic carbocycles. The van der Waals surface area contributed by atoms with Gasteiger partial charge < -0.3 is 9.47 Å². The van der Waals surface area contributed by atoms with Crippen LogP contribution < -0.4 is 0 Å². The summed E-state index contributed by atoms with van der Waals surface area (Å²) in [7, 11) is 2.58. The van der Waals surface area contributed by atoms with E-state index in [0.29, 0.717) is 24.3 Å². The Morgan fingerprint density at radius 2 is 1.25 bits per heavy atom. The van der Waals surface area contributed by atoms with Crippen LogP contribution in [0, 0.1) is 22.7 Å². The molecule has 0 spiro atoms. The Kier molecular flexibility index (Phi) is 10.4. The van der Waals surface area contributed by atoms with Gasteiger partial charge in [-0.3, -0.25) is 0 Å². The highest BCUT2D eigenvalue weighted by Gasteiger charge is 2.42. The summed E-state index contributed by atoms with van der Waals surface area (Å²) in [6.45, 7) is 0. The largest absolute Gasteiger partial charge is 0.465 e. The molecule has 0 bridgehead atoms. The van der Waals surface area contributed by atoms with Gasteiger partial charge in [-0.25, -0.2) is 9.59 Å². The van der Waals surface area contributed by atoms with E-state index in [0.717, 1.165) is 8.47 Å². The molecule has 0 atom stereocenters. The van der Waals surface area contributed by atoms with Crippen molar-refractivity contribution in [1.82, 2.24) is 0 Å². The number of rotatable bonds is 9. The molecule has 0 fully saturated rings. The van der Waals surface area contributed by atoms with Gasteiger partial charge in [0.25, 0.3) is 0 Å². The van der Waals surface area contributed by atoms with Crippen LogP contribution in [0.15, 0.2) is 18.3 Å². The summed E-state index contributed by atoms with van der Waals surface area (Å²) in [5, 5.41) is 17.6. The molecule has 2 heterocycles. The Morgan fingerprint density at radius 1 is 0.857 bits per heavy atom. The van der Waals surface area contributed by atoms with E-state index < -0.39 is 11.9 Å². The average Bonchev–Trinajstić information content (AvgIpc) is 3.32. The fourth-order valence-corrected chi connectivity index (χ4v) is 11.7. The van der Waals surface area contributed by atoms with E-state index in [1.165, 1.54) is 37.7 Å². The molecule has 0 saturated heterocycles. The Bertz CT molecular complexity index is 710. The number of esters is 2. The van der Waals surface area contributed by atoms with E-state index in [1.807, 2.05) is 0 Å². The predicted molar refractivity (Wildman–Crippen MR) is 121 cm³/mol. The SMILES string of the molecule is COC(=O)C1=C(C(=O)OC)SC(C2SC(SCCC#N)=C(SCCC#N)S2)S1. The van der Waals surface area contributed by atoms with Crippen LogP contribution in [0.1, 0.15) is 12.8 Å². The lowest BCUT2D eigenvalue weighted by Crippen LogP contribution is -2.09. The minimum atomic E-state index is -0.534. The second-order valence-corrected chi connectivity index (χ2v) is 12.9. The number of nitriles is 2. The maximum absolute atomic E-state index is 12.1.